The Kier molecular flexibility index (Phi) is 7.64. The summed E-state index contributed by atoms with van der Waals surface area (Å²) in [5.74, 6) is -0.267. The molecule has 0 radical (unpaired) electrons. The number of aryl methyl sites for hydroxylation is 2. The fraction of sp³-hybridized carbons (Fsp3) is 0.391. The second-order valence-electron chi connectivity index (χ2n) is 7.56. The van der Waals surface area contributed by atoms with Crippen molar-refractivity contribution in [1.29, 1.82) is 0 Å². The van der Waals surface area contributed by atoms with Crippen molar-refractivity contribution >= 4 is 23.4 Å². The molecule has 2 amide bonds. The first kappa shape index (κ1) is 22.0. The third-order valence-corrected chi connectivity index (χ3v) is 5.11. The highest BCUT2D eigenvalue weighted by Crippen LogP contribution is 2.20. The number of hydrogen-bond donors (Lipinski definition) is 1. The molecule has 150 valence electrons. The fourth-order valence-electron chi connectivity index (χ4n) is 3.05. The van der Waals surface area contributed by atoms with Gasteiger partial charge in [-0.05, 0) is 57.4 Å². The van der Waals surface area contributed by atoms with Gasteiger partial charge < -0.3 is 10.2 Å². The van der Waals surface area contributed by atoms with Crippen LogP contribution in [0.4, 0.5) is 0 Å². The van der Waals surface area contributed by atoms with E-state index < -0.39 is 6.04 Å². The summed E-state index contributed by atoms with van der Waals surface area (Å²) in [6, 6.07) is 12.9. The molecule has 0 unspecified atom stereocenters. The Hall–Kier alpha value is -2.33. The lowest BCUT2D eigenvalue weighted by molar-refractivity contribution is -0.140. The first-order valence-electron chi connectivity index (χ1n) is 9.58. The van der Waals surface area contributed by atoms with Crippen LogP contribution in [0.2, 0.25) is 5.02 Å². The van der Waals surface area contributed by atoms with Crippen LogP contribution in [0, 0.1) is 13.8 Å². The van der Waals surface area contributed by atoms with Crippen LogP contribution < -0.4 is 5.32 Å². The standard InChI is InChI=1S/C23H29ClN2O2/c1-15(2)25-23(28)18(5)26(14-19-8-6-7-9-21(19)24)22(27)13-20-12-16(3)10-11-17(20)4/h6-12,15,18H,13-14H2,1-5H3,(H,25,28)/t18-/m1/s1. The van der Waals surface area contributed by atoms with Crippen molar-refractivity contribution in [2.45, 2.75) is 59.7 Å². The largest absolute Gasteiger partial charge is 0.352 e. The van der Waals surface area contributed by atoms with E-state index in [1.54, 1.807) is 17.9 Å². The average Bonchev–Trinajstić information content (AvgIpc) is 2.62. The average molecular weight is 401 g/mol. The number of rotatable bonds is 7. The maximum absolute atomic E-state index is 13.2. The van der Waals surface area contributed by atoms with Gasteiger partial charge in [-0.2, -0.15) is 0 Å². The minimum Gasteiger partial charge on any atom is -0.352 e. The molecule has 0 fully saturated rings. The Morgan fingerprint density at radius 2 is 1.71 bits per heavy atom. The normalized spacial score (nSPS) is 12.0. The summed E-state index contributed by atoms with van der Waals surface area (Å²) in [4.78, 5) is 27.4. The van der Waals surface area contributed by atoms with Crippen molar-refractivity contribution in [1.82, 2.24) is 10.2 Å². The van der Waals surface area contributed by atoms with Crippen LogP contribution in [0.5, 0.6) is 0 Å². The Balaban J connectivity index is 2.30. The quantitative estimate of drug-likeness (QED) is 0.746. The van der Waals surface area contributed by atoms with Crippen LogP contribution in [0.25, 0.3) is 0 Å². The van der Waals surface area contributed by atoms with Crippen LogP contribution in [0.3, 0.4) is 0 Å². The number of nitrogens with one attached hydrogen (secondary N) is 1. The number of hydrogen-bond acceptors (Lipinski definition) is 2. The lowest BCUT2D eigenvalue weighted by atomic mass is 10.0. The van der Waals surface area contributed by atoms with Gasteiger partial charge >= 0.3 is 0 Å². The number of halogens is 1. The van der Waals surface area contributed by atoms with Crippen LogP contribution in [-0.4, -0.2) is 28.8 Å². The highest BCUT2D eigenvalue weighted by molar-refractivity contribution is 6.31. The first-order valence-corrected chi connectivity index (χ1v) is 9.96. The van der Waals surface area contributed by atoms with E-state index in [0.717, 1.165) is 22.3 Å². The van der Waals surface area contributed by atoms with Gasteiger partial charge in [0, 0.05) is 17.6 Å². The zero-order chi connectivity index (χ0) is 20.8. The third kappa shape index (κ3) is 5.83. The topological polar surface area (TPSA) is 49.4 Å². The van der Waals surface area contributed by atoms with Gasteiger partial charge in [0.25, 0.3) is 0 Å². The molecule has 2 rings (SSSR count). The zero-order valence-corrected chi connectivity index (χ0v) is 18.0. The molecule has 1 atom stereocenters. The van der Waals surface area contributed by atoms with Crippen molar-refractivity contribution in [3.8, 4) is 0 Å². The van der Waals surface area contributed by atoms with Gasteiger partial charge in [0.15, 0.2) is 0 Å². The molecule has 0 heterocycles. The van der Waals surface area contributed by atoms with E-state index in [-0.39, 0.29) is 30.8 Å². The minimum atomic E-state index is -0.601. The monoisotopic (exact) mass is 400 g/mol. The molecule has 0 saturated carbocycles. The Morgan fingerprint density at radius 3 is 2.36 bits per heavy atom. The molecule has 1 N–H and O–H groups in total. The van der Waals surface area contributed by atoms with E-state index in [4.69, 9.17) is 11.6 Å². The smallest absolute Gasteiger partial charge is 0.242 e. The molecular weight excluding hydrogens is 372 g/mol. The van der Waals surface area contributed by atoms with Crippen LogP contribution in [-0.2, 0) is 22.6 Å². The van der Waals surface area contributed by atoms with Gasteiger partial charge in [0.1, 0.15) is 6.04 Å². The maximum Gasteiger partial charge on any atom is 0.242 e. The number of nitrogens with zero attached hydrogens (tertiary/aromatic N) is 1. The molecule has 0 saturated heterocycles. The zero-order valence-electron chi connectivity index (χ0n) is 17.3. The molecule has 28 heavy (non-hydrogen) atoms. The SMILES string of the molecule is Cc1ccc(C)c(CC(=O)N(Cc2ccccc2Cl)[C@H](C)C(=O)NC(C)C)c1. The Bertz CT molecular complexity index is 848. The van der Waals surface area contributed by atoms with Crippen molar-refractivity contribution in [2.24, 2.45) is 0 Å². The number of benzene rings is 2. The van der Waals surface area contributed by atoms with Crippen molar-refractivity contribution in [3.63, 3.8) is 0 Å². The summed E-state index contributed by atoms with van der Waals surface area (Å²) in [6.45, 7) is 9.86. The molecule has 0 aliphatic carbocycles. The molecule has 0 aliphatic heterocycles. The molecule has 0 bridgehead atoms. The van der Waals surface area contributed by atoms with Crippen molar-refractivity contribution in [2.75, 3.05) is 0 Å². The molecule has 5 heteroatoms. The summed E-state index contributed by atoms with van der Waals surface area (Å²) in [6.07, 6.45) is 0.247. The molecule has 2 aromatic carbocycles. The second kappa shape index (κ2) is 9.74. The molecule has 4 nitrogen and oxygen atoms in total. The second-order valence-corrected chi connectivity index (χ2v) is 7.97. The molecular formula is C23H29ClN2O2. The molecule has 0 aromatic heterocycles. The predicted octanol–water partition coefficient (Wildman–Crippen LogP) is 4.44. The summed E-state index contributed by atoms with van der Waals surface area (Å²) >= 11 is 6.31. The highest BCUT2D eigenvalue weighted by atomic mass is 35.5. The van der Waals surface area contributed by atoms with Crippen molar-refractivity contribution < 1.29 is 9.59 Å². The van der Waals surface area contributed by atoms with Gasteiger partial charge in [-0.1, -0.05) is 53.6 Å². The fourth-order valence-corrected chi connectivity index (χ4v) is 3.25. The molecule has 0 spiro atoms. The lowest BCUT2D eigenvalue weighted by Gasteiger charge is -2.30. The van der Waals surface area contributed by atoms with Crippen LogP contribution in [0.1, 0.15) is 43.0 Å². The van der Waals surface area contributed by atoms with E-state index in [1.807, 2.05) is 64.1 Å². The van der Waals surface area contributed by atoms with Crippen LogP contribution >= 0.6 is 11.6 Å². The molecule has 0 aliphatic rings. The van der Waals surface area contributed by atoms with Gasteiger partial charge in [0.05, 0.1) is 6.42 Å². The van der Waals surface area contributed by atoms with Crippen LogP contribution in [0.15, 0.2) is 42.5 Å². The summed E-state index contributed by atoms with van der Waals surface area (Å²) < 4.78 is 0. The van der Waals surface area contributed by atoms with E-state index in [1.165, 1.54) is 0 Å². The van der Waals surface area contributed by atoms with E-state index in [2.05, 4.69) is 5.32 Å². The summed E-state index contributed by atoms with van der Waals surface area (Å²) in [5.41, 5.74) is 3.97. The maximum atomic E-state index is 13.2. The van der Waals surface area contributed by atoms with E-state index in [9.17, 15) is 9.59 Å². The Morgan fingerprint density at radius 1 is 1.04 bits per heavy atom. The summed E-state index contributed by atoms with van der Waals surface area (Å²) in [5, 5.41) is 3.48. The predicted molar refractivity (Wildman–Crippen MR) is 114 cm³/mol. The number of amides is 2. The number of carbonyl (C=O) groups excluding carboxylic acids is 2. The van der Waals surface area contributed by atoms with Gasteiger partial charge in [-0.3, -0.25) is 9.59 Å². The van der Waals surface area contributed by atoms with Gasteiger partial charge in [0.2, 0.25) is 11.8 Å². The summed E-state index contributed by atoms with van der Waals surface area (Å²) in [7, 11) is 0. The highest BCUT2D eigenvalue weighted by Gasteiger charge is 2.27. The van der Waals surface area contributed by atoms with Gasteiger partial charge in [-0.25, -0.2) is 0 Å². The van der Waals surface area contributed by atoms with E-state index >= 15 is 0 Å². The number of carbonyl (C=O) groups is 2. The van der Waals surface area contributed by atoms with E-state index in [0.29, 0.717) is 5.02 Å². The Labute approximate surface area is 172 Å². The minimum absolute atomic E-state index is 0.00577. The lowest BCUT2D eigenvalue weighted by Crippen LogP contribution is -2.49. The third-order valence-electron chi connectivity index (χ3n) is 4.74. The van der Waals surface area contributed by atoms with Gasteiger partial charge in [-0.15, -0.1) is 0 Å². The first-order chi connectivity index (χ1) is 13.2. The molecule has 2 aromatic rings. The van der Waals surface area contributed by atoms with Crippen molar-refractivity contribution in [3.05, 3.63) is 69.7 Å².